The van der Waals surface area contributed by atoms with E-state index < -0.39 is 16.1 Å². The summed E-state index contributed by atoms with van der Waals surface area (Å²) in [4.78, 5) is 11.1. The van der Waals surface area contributed by atoms with Gasteiger partial charge in [0.25, 0.3) is 0 Å². The van der Waals surface area contributed by atoms with Gasteiger partial charge in [-0.05, 0) is 12.1 Å². The summed E-state index contributed by atoms with van der Waals surface area (Å²) in [5, 5.41) is 2.27. The highest BCUT2D eigenvalue weighted by Gasteiger charge is 2.16. The van der Waals surface area contributed by atoms with E-state index in [2.05, 4.69) is 10.0 Å². The van der Waals surface area contributed by atoms with Crippen LogP contribution in [0.5, 0.6) is 0 Å². The molecule has 10 heteroatoms. The van der Waals surface area contributed by atoms with Gasteiger partial charge in [-0.1, -0.05) is 12.2 Å². The lowest BCUT2D eigenvalue weighted by Gasteiger charge is -2.04. The molecule has 0 aliphatic heterocycles. The lowest BCUT2D eigenvalue weighted by molar-refractivity contribution is 0.249. The number of thiocarbonyl (C=S) groups is 1. The van der Waals surface area contributed by atoms with Crippen LogP contribution >= 0.6 is 23.6 Å². The van der Waals surface area contributed by atoms with E-state index in [1.165, 1.54) is 6.07 Å². The summed E-state index contributed by atoms with van der Waals surface area (Å²) in [6, 6.07) is 2.26. The summed E-state index contributed by atoms with van der Waals surface area (Å²) in [6.45, 7) is 0.160. The van der Waals surface area contributed by atoms with Crippen LogP contribution in [0.3, 0.4) is 0 Å². The number of sulfonamides is 1. The maximum atomic E-state index is 11.8. The largest absolute Gasteiger partial charge is 0.389 e. The van der Waals surface area contributed by atoms with Crippen LogP contribution in [0.25, 0.3) is 0 Å². The number of nitrogens with one attached hydrogen (secondary N) is 2. The monoisotopic (exact) mass is 308 g/mol. The van der Waals surface area contributed by atoms with Gasteiger partial charge >= 0.3 is 6.03 Å². The zero-order valence-corrected chi connectivity index (χ0v) is 11.6. The van der Waals surface area contributed by atoms with Gasteiger partial charge in [0.05, 0.1) is 4.88 Å². The van der Waals surface area contributed by atoms with Crippen LogP contribution < -0.4 is 21.5 Å². The Kier molecular flexibility index (Phi) is 5.02. The van der Waals surface area contributed by atoms with E-state index in [-0.39, 0.29) is 22.3 Å². The van der Waals surface area contributed by atoms with E-state index in [0.717, 1.165) is 11.3 Å². The van der Waals surface area contributed by atoms with Crippen molar-refractivity contribution in [3.05, 3.63) is 17.0 Å². The molecular formula is C8H12N4O3S3. The maximum absolute atomic E-state index is 11.8. The molecule has 1 aromatic rings. The molecule has 0 aliphatic rings. The molecule has 1 rings (SSSR count). The molecule has 0 aliphatic carbocycles. The fraction of sp³-hybridized carbons (Fsp3) is 0.250. The third-order valence-corrected chi connectivity index (χ3v) is 5.23. The first kappa shape index (κ1) is 14.8. The Balaban J connectivity index is 2.62. The van der Waals surface area contributed by atoms with Crippen molar-refractivity contribution in [2.75, 3.05) is 13.1 Å². The number of carbonyl (C=O) groups is 1. The molecule has 0 unspecified atom stereocenters. The molecule has 1 aromatic heterocycles. The number of nitrogens with two attached hydrogens (primary N) is 2. The molecule has 6 N–H and O–H groups in total. The minimum Gasteiger partial charge on any atom is -0.389 e. The molecular weight excluding hydrogens is 296 g/mol. The second-order valence-electron chi connectivity index (χ2n) is 3.17. The number of primary amides is 1. The van der Waals surface area contributed by atoms with Gasteiger partial charge in [-0.3, -0.25) is 0 Å². The van der Waals surface area contributed by atoms with Crippen molar-refractivity contribution in [3.8, 4) is 0 Å². The summed E-state index contributed by atoms with van der Waals surface area (Å²) in [7, 11) is -3.61. The smallest absolute Gasteiger partial charge is 0.312 e. The number of hydrogen-bond acceptors (Lipinski definition) is 5. The van der Waals surface area contributed by atoms with Gasteiger partial charge < -0.3 is 16.8 Å². The number of hydrogen-bond donors (Lipinski definition) is 4. The number of urea groups is 1. The van der Waals surface area contributed by atoms with Crippen LogP contribution in [0.2, 0.25) is 0 Å². The molecule has 18 heavy (non-hydrogen) atoms. The van der Waals surface area contributed by atoms with Crippen LogP contribution in [0.15, 0.2) is 16.3 Å². The zero-order chi connectivity index (χ0) is 13.8. The Hall–Kier alpha value is -1.23. The number of thiophene rings is 1. The average molecular weight is 308 g/mol. The van der Waals surface area contributed by atoms with Gasteiger partial charge in [-0.2, -0.15) is 0 Å². The van der Waals surface area contributed by atoms with E-state index in [1.807, 2.05) is 0 Å². The number of amides is 2. The summed E-state index contributed by atoms with van der Waals surface area (Å²) in [5.41, 5.74) is 10.2. The van der Waals surface area contributed by atoms with Crippen LogP contribution in [0.1, 0.15) is 4.88 Å². The van der Waals surface area contributed by atoms with Gasteiger partial charge in [0.1, 0.15) is 9.20 Å². The second kappa shape index (κ2) is 6.09. The molecule has 0 radical (unpaired) electrons. The molecule has 2 amide bonds. The van der Waals surface area contributed by atoms with E-state index in [0.29, 0.717) is 4.88 Å². The molecule has 1 heterocycles. The summed E-state index contributed by atoms with van der Waals surface area (Å²) < 4.78 is 26.0. The second-order valence-corrected chi connectivity index (χ2v) is 6.69. The Labute approximate surface area is 114 Å². The van der Waals surface area contributed by atoms with Gasteiger partial charge in [0.15, 0.2) is 0 Å². The highest BCUT2D eigenvalue weighted by atomic mass is 32.2. The SMILES string of the molecule is NC(=O)NCCNS(=O)(=O)c1ccc(C(N)=S)s1. The van der Waals surface area contributed by atoms with Crippen molar-refractivity contribution in [1.82, 2.24) is 10.0 Å². The predicted octanol–water partition coefficient (Wildman–Crippen LogP) is -0.671. The lowest BCUT2D eigenvalue weighted by Crippen LogP contribution is -2.37. The Morgan fingerprint density at radius 1 is 1.33 bits per heavy atom. The van der Waals surface area contributed by atoms with Crippen LogP contribution in [0.4, 0.5) is 4.79 Å². The quantitative estimate of drug-likeness (QED) is 0.409. The zero-order valence-electron chi connectivity index (χ0n) is 9.17. The first-order valence-electron chi connectivity index (χ1n) is 4.75. The van der Waals surface area contributed by atoms with Crippen LogP contribution in [0, 0.1) is 0 Å². The fourth-order valence-electron chi connectivity index (χ4n) is 1.04. The normalized spacial score (nSPS) is 11.1. The van der Waals surface area contributed by atoms with Crippen molar-refractivity contribution < 1.29 is 13.2 Å². The molecule has 0 saturated carbocycles. The lowest BCUT2D eigenvalue weighted by atomic mass is 10.5. The summed E-state index contributed by atoms with van der Waals surface area (Å²) >= 11 is 5.73. The van der Waals surface area contributed by atoms with Gasteiger partial charge in [0.2, 0.25) is 10.0 Å². The molecule has 0 atom stereocenters. The van der Waals surface area contributed by atoms with Gasteiger partial charge in [0, 0.05) is 13.1 Å². The van der Waals surface area contributed by atoms with Gasteiger partial charge in [-0.25, -0.2) is 17.9 Å². The predicted molar refractivity (Wildman–Crippen MR) is 73.0 cm³/mol. The molecule has 0 aromatic carbocycles. The van der Waals surface area contributed by atoms with Crippen molar-refractivity contribution in [3.63, 3.8) is 0 Å². The van der Waals surface area contributed by atoms with Crippen molar-refractivity contribution in [1.29, 1.82) is 0 Å². The summed E-state index contributed by atoms with van der Waals surface area (Å²) in [5.74, 6) is 0. The first-order valence-corrected chi connectivity index (χ1v) is 7.46. The van der Waals surface area contributed by atoms with E-state index in [1.54, 1.807) is 6.07 Å². The third-order valence-electron chi connectivity index (χ3n) is 1.81. The molecule has 0 saturated heterocycles. The Morgan fingerprint density at radius 3 is 2.50 bits per heavy atom. The first-order chi connectivity index (χ1) is 8.33. The molecule has 100 valence electrons. The molecule has 0 fully saturated rings. The number of carbonyl (C=O) groups excluding carboxylic acids is 1. The maximum Gasteiger partial charge on any atom is 0.312 e. The van der Waals surface area contributed by atoms with E-state index >= 15 is 0 Å². The highest BCUT2D eigenvalue weighted by molar-refractivity contribution is 7.91. The van der Waals surface area contributed by atoms with E-state index in [9.17, 15) is 13.2 Å². The fourth-order valence-corrected chi connectivity index (χ4v) is 3.47. The third kappa shape index (κ3) is 4.22. The minimum atomic E-state index is -3.61. The van der Waals surface area contributed by atoms with E-state index in [4.69, 9.17) is 23.7 Å². The van der Waals surface area contributed by atoms with Gasteiger partial charge in [-0.15, -0.1) is 11.3 Å². The Morgan fingerprint density at radius 2 is 2.00 bits per heavy atom. The molecule has 0 bridgehead atoms. The standard InChI is InChI=1S/C8H12N4O3S3/c9-7(16)5-1-2-6(17-5)18(14,15)12-4-3-11-8(10)13/h1-2,12H,3-4H2,(H2,9,16)(H3,10,11,13). The van der Waals surface area contributed by atoms with Crippen molar-refractivity contribution >= 4 is 44.6 Å². The number of rotatable bonds is 6. The topological polar surface area (TPSA) is 127 Å². The van der Waals surface area contributed by atoms with Crippen LogP contribution in [-0.4, -0.2) is 32.5 Å². The molecule has 0 spiro atoms. The minimum absolute atomic E-state index is 0.0472. The Bertz CT molecular complexity index is 552. The molecule has 7 nitrogen and oxygen atoms in total. The highest BCUT2D eigenvalue weighted by Crippen LogP contribution is 2.20. The summed E-state index contributed by atoms with van der Waals surface area (Å²) in [6.07, 6.45) is 0. The van der Waals surface area contributed by atoms with Crippen LogP contribution in [-0.2, 0) is 10.0 Å². The van der Waals surface area contributed by atoms with Crippen molar-refractivity contribution in [2.24, 2.45) is 11.5 Å². The van der Waals surface area contributed by atoms with Crippen molar-refractivity contribution in [2.45, 2.75) is 4.21 Å². The average Bonchev–Trinajstić information content (AvgIpc) is 2.74.